The van der Waals surface area contributed by atoms with Crippen LogP contribution in [-0.2, 0) is 4.57 Å². The quantitative estimate of drug-likeness (QED) is 0.108. The van der Waals surface area contributed by atoms with Crippen LogP contribution in [-0.4, -0.2) is 28.4 Å². The number of benzene rings is 8. The highest BCUT2D eigenvalue weighted by atomic mass is 31.2. The third kappa shape index (κ3) is 7.23. The highest BCUT2D eigenvalue weighted by molar-refractivity contribution is 7.80. The molecule has 0 radical (unpaired) electrons. The summed E-state index contributed by atoms with van der Waals surface area (Å²) in [7, 11) is 5.94. The Labute approximate surface area is 354 Å². The summed E-state index contributed by atoms with van der Waals surface area (Å²) < 4.78 is 43.5. The van der Waals surface area contributed by atoms with E-state index >= 15 is 4.57 Å². The number of hydrogen-bond acceptors (Lipinski definition) is 5. The molecule has 0 amide bonds. The number of nitrogens with zero attached hydrogens (tertiary/aromatic N) is 1. The molecule has 0 N–H and O–H groups in total. The molecule has 0 aromatic heterocycles. The van der Waals surface area contributed by atoms with Crippen LogP contribution in [0.1, 0.15) is 0 Å². The van der Waals surface area contributed by atoms with Gasteiger partial charge in [-0.1, -0.05) is 127 Å². The van der Waals surface area contributed by atoms with Crippen molar-refractivity contribution in [3.05, 3.63) is 188 Å². The van der Waals surface area contributed by atoms with Crippen molar-refractivity contribution < 1.29 is 23.5 Å². The van der Waals surface area contributed by atoms with Crippen LogP contribution >= 0.6 is 16.5 Å². The van der Waals surface area contributed by atoms with Gasteiger partial charge in [0.1, 0.15) is 23.0 Å². The molecule has 0 aliphatic rings. The topological polar surface area (TPSA) is 57.2 Å². The van der Waals surface area contributed by atoms with Crippen molar-refractivity contribution in [3.63, 3.8) is 0 Å². The van der Waals surface area contributed by atoms with Crippen molar-refractivity contribution in [1.82, 2.24) is 0 Å². The minimum atomic E-state index is -3.78. The third-order valence-electron chi connectivity index (χ3n) is 10.7. The maximum absolute atomic E-state index is 17.0. The first-order chi connectivity index (χ1) is 29.4. The van der Waals surface area contributed by atoms with Gasteiger partial charge in [0.05, 0.1) is 45.3 Å². The summed E-state index contributed by atoms with van der Waals surface area (Å²) in [6.45, 7) is 0. The van der Waals surface area contributed by atoms with Gasteiger partial charge in [-0.25, -0.2) is 0 Å². The number of para-hydroxylation sites is 1. The van der Waals surface area contributed by atoms with Crippen LogP contribution in [0.2, 0.25) is 0 Å². The summed E-state index contributed by atoms with van der Waals surface area (Å²) in [6, 6.07) is 62.0. The fourth-order valence-electron chi connectivity index (χ4n) is 8.04. The smallest absolute Gasteiger partial charge is 0.234 e. The van der Waals surface area contributed by atoms with Gasteiger partial charge in [0.15, 0.2) is 0 Å². The van der Waals surface area contributed by atoms with Crippen molar-refractivity contribution in [3.8, 4) is 67.5 Å². The molecule has 0 saturated carbocycles. The Morgan fingerprint density at radius 3 is 1.22 bits per heavy atom. The monoisotopic (exact) mass is 825 g/mol. The number of ether oxygens (including phenoxy) is 4. The molecule has 0 aliphatic heterocycles. The molecule has 8 aromatic rings. The lowest BCUT2D eigenvalue weighted by molar-refractivity contribution is 0.397. The van der Waals surface area contributed by atoms with E-state index in [-0.39, 0.29) is 0 Å². The zero-order chi connectivity index (χ0) is 41.6. The van der Waals surface area contributed by atoms with Gasteiger partial charge in [0, 0.05) is 32.7 Å². The molecule has 8 heteroatoms. The van der Waals surface area contributed by atoms with E-state index in [0.29, 0.717) is 33.6 Å². The van der Waals surface area contributed by atoms with E-state index in [4.69, 9.17) is 18.9 Å². The van der Waals surface area contributed by atoms with Crippen LogP contribution in [0.5, 0.6) is 23.0 Å². The van der Waals surface area contributed by atoms with Crippen molar-refractivity contribution in [2.75, 3.05) is 33.1 Å². The summed E-state index contributed by atoms with van der Waals surface area (Å²) in [6.07, 6.45) is 0. The van der Waals surface area contributed by atoms with Gasteiger partial charge < -0.3 is 18.9 Å². The number of anilines is 2. The molecule has 1 atom stereocenters. The van der Waals surface area contributed by atoms with Gasteiger partial charge in [0.2, 0.25) is 7.29 Å². The van der Waals surface area contributed by atoms with E-state index in [9.17, 15) is 0 Å². The molecule has 298 valence electrons. The molecular formula is C52H45NO5P2. The van der Waals surface area contributed by atoms with Crippen LogP contribution in [0.4, 0.5) is 11.4 Å². The largest absolute Gasteiger partial charge is 0.496 e. The summed E-state index contributed by atoms with van der Waals surface area (Å²) in [5.74, 6) is 2.53. The maximum atomic E-state index is 17.0. The molecule has 0 aliphatic carbocycles. The Morgan fingerprint density at radius 1 is 0.400 bits per heavy atom. The average Bonchev–Trinajstić information content (AvgIpc) is 3.32. The second-order valence-electron chi connectivity index (χ2n) is 14.0. The minimum Gasteiger partial charge on any atom is -0.496 e. The predicted octanol–water partition coefficient (Wildman–Crippen LogP) is 12.0. The van der Waals surface area contributed by atoms with Crippen molar-refractivity contribution >= 4 is 43.8 Å². The molecule has 1 unspecified atom stereocenters. The lowest BCUT2D eigenvalue weighted by Crippen LogP contribution is -2.31. The van der Waals surface area contributed by atoms with Crippen LogP contribution in [0.15, 0.2) is 188 Å². The van der Waals surface area contributed by atoms with Gasteiger partial charge in [-0.2, -0.15) is 0 Å². The number of hydrogen-bond donors (Lipinski definition) is 0. The highest BCUT2D eigenvalue weighted by Gasteiger charge is 2.39. The van der Waals surface area contributed by atoms with Crippen LogP contribution in [0.3, 0.4) is 0 Å². The van der Waals surface area contributed by atoms with E-state index in [1.54, 1.807) is 28.4 Å². The average molecular weight is 826 g/mol. The molecule has 6 nitrogen and oxygen atoms in total. The van der Waals surface area contributed by atoms with E-state index < -0.39 is 7.29 Å². The van der Waals surface area contributed by atoms with Crippen LogP contribution < -0.4 is 39.5 Å². The van der Waals surface area contributed by atoms with Crippen LogP contribution in [0.25, 0.3) is 44.5 Å². The highest BCUT2D eigenvalue weighted by Crippen LogP contribution is 2.59. The van der Waals surface area contributed by atoms with Gasteiger partial charge in [0.25, 0.3) is 0 Å². The molecular weight excluding hydrogens is 781 g/mol. The zero-order valence-electron chi connectivity index (χ0n) is 33.9. The molecule has 60 heavy (non-hydrogen) atoms. The lowest BCUT2D eigenvalue weighted by Gasteiger charge is -2.38. The standard InChI is InChI=1S/C52H45NO5P2/c1-55-44-30-18-31-45(56-2)49(44)41-28-17-29-42(50-46(57-3)32-19-33-47(50)58-4)48(41)43-35-34-40(36-20-9-5-10-21-36)52(59)51(43)53(37-22-11-6-12-23-37)60(54,38-24-13-7-14-25-38)39-26-15-8-16-27-39/h5-35H,59H2,1-4H3. The maximum Gasteiger partial charge on any atom is 0.234 e. The lowest BCUT2D eigenvalue weighted by atomic mass is 9.85. The first-order valence-electron chi connectivity index (χ1n) is 19.6. The van der Waals surface area contributed by atoms with Crippen molar-refractivity contribution in [2.24, 2.45) is 0 Å². The summed E-state index contributed by atoms with van der Waals surface area (Å²) in [4.78, 5) is 0. The minimum absolute atomic E-state index is 0.632. The fourth-order valence-corrected chi connectivity index (χ4v) is 11.6. The molecule has 8 aromatic carbocycles. The molecule has 0 fully saturated rings. The van der Waals surface area contributed by atoms with Gasteiger partial charge in [-0.3, -0.25) is 9.24 Å². The predicted molar refractivity (Wildman–Crippen MR) is 252 cm³/mol. The molecule has 0 spiro atoms. The normalized spacial score (nSPS) is 11.2. The number of methoxy groups -OCH3 is 4. The summed E-state index contributed by atoms with van der Waals surface area (Å²) in [5, 5.41) is 2.23. The zero-order valence-corrected chi connectivity index (χ0v) is 36.0. The van der Waals surface area contributed by atoms with Gasteiger partial charge in [-0.05, 0) is 82.9 Å². The Bertz CT molecular complexity index is 2640. The molecule has 0 bridgehead atoms. The second kappa shape index (κ2) is 17.7. The fraction of sp³-hybridized carbons (Fsp3) is 0.0769. The molecule has 8 rings (SSSR count). The van der Waals surface area contributed by atoms with Gasteiger partial charge >= 0.3 is 0 Å². The SMILES string of the molecule is COc1cccc(OC)c1-c1cccc(-c2c(OC)cccc2OC)c1-c1ccc(-c2ccccc2)c(P)c1N(c1ccccc1)P(=O)(c1ccccc1)c1ccccc1. The summed E-state index contributed by atoms with van der Waals surface area (Å²) in [5.41, 5.74) is 8.30. The van der Waals surface area contributed by atoms with Gasteiger partial charge in [-0.15, -0.1) is 9.24 Å². The Morgan fingerprint density at radius 2 is 0.783 bits per heavy atom. The molecule has 0 saturated heterocycles. The van der Waals surface area contributed by atoms with Crippen molar-refractivity contribution in [1.29, 1.82) is 0 Å². The second-order valence-corrected chi connectivity index (χ2v) is 17.1. The Hall–Kier alpha value is -6.58. The van der Waals surface area contributed by atoms with E-state index in [2.05, 4.69) is 50.3 Å². The van der Waals surface area contributed by atoms with Crippen molar-refractivity contribution in [2.45, 2.75) is 0 Å². The van der Waals surface area contributed by atoms with E-state index in [1.165, 1.54) is 0 Å². The molecule has 0 heterocycles. The summed E-state index contributed by atoms with van der Waals surface area (Å²) >= 11 is 0. The Kier molecular flexibility index (Phi) is 11.9. The van der Waals surface area contributed by atoms with E-state index in [0.717, 1.165) is 61.2 Å². The number of rotatable bonds is 13. The first kappa shape index (κ1) is 40.2. The first-order valence-corrected chi connectivity index (χ1v) is 21.8. The Balaban J connectivity index is 1.62. The van der Waals surface area contributed by atoms with E-state index in [1.807, 2.05) is 152 Å². The third-order valence-corrected chi connectivity index (χ3v) is 14.3. The van der Waals surface area contributed by atoms with Crippen LogP contribution in [0, 0.1) is 0 Å².